The van der Waals surface area contributed by atoms with Crippen molar-refractivity contribution in [3.8, 4) is 0 Å². The molecule has 0 aliphatic heterocycles. The van der Waals surface area contributed by atoms with E-state index in [1.807, 2.05) is 62.4 Å². The fourth-order valence-electron chi connectivity index (χ4n) is 3.29. The zero-order valence-corrected chi connectivity index (χ0v) is 18.5. The van der Waals surface area contributed by atoms with Crippen molar-refractivity contribution in [3.63, 3.8) is 0 Å². The molecule has 2 atom stereocenters. The van der Waals surface area contributed by atoms with Crippen molar-refractivity contribution < 1.29 is 19.1 Å². The molecule has 0 aromatic heterocycles. The summed E-state index contributed by atoms with van der Waals surface area (Å²) in [4.78, 5) is 37.1. The van der Waals surface area contributed by atoms with Gasteiger partial charge >= 0.3 is 6.09 Å². The number of amides is 3. The Hall–Kier alpha value is -3.35. The number of alkyl carbamates (subject to hydrolysis) is 1. The monoisotopic (exact) mass is 425 g/mol. The first-order chi connectivity index (χ1) is 14.7. The number of ether oxygens (including phenoxy) is 1. The third-order valence-corrected chi connectivity index (χ3v) is 5.15. The largest absolute Gasteiger partial charge is 0.445 e. The summed E-state index contributed by atoms with van der Waals surface area (Å²) in [5.41, 5.74) is 9.39. The molecule has 0 saturated carbocycles. The van der Waals surface area contributed by atoms with E-state index in [9.17, 15) is 14.4 Å². The Morgan fingerprint density at radius 3 is 2.10 bits per heavy atom. The lowest BCUT2D eigenvalue weighted by Crippen LogP contribution is -2.55. The highest BCUT2D eigenvalue weighted by Crippen LogP contribution is 2.16. The number of nitrogens with two attached hydrogens (primary N) is 1. The van der Waals surface area contributed by atoms with Gasteiger partial charge < -0.3 is 21.1 Å². The van der Waals surface area contributed by atoms with Crippen LogP contribution in [0.25, 0.3) is 0 Å². The number of hydrogen-bond acceptors (Lipinski definition) is 4. The molecule has 7 heteroatoms. The maximum Gasteiger partial charge on any atom is 0.408 e. The van der Waals surface area contributed by atoms with Crippen molar-refractivity contribution in [1.82, 2.24) is 10.6 Å². The summed E-state index contributed by atoms with van der Waals surface area (Å²) >= 11 is 0. The summed E-state index contributed by atoms with van der Waals surface area (Å²) in [6, 6.07) is 13.3. The van der Waals surface area contributed by atoms with Crippen LogP contribution < -0.4 is 16.4 Å². The quantitative estimate of drug-likeness (QED) is 0.574. The van der Waals surface area contributed by atoms with Crippen LogP contribution in [0.2, 0.25) is 0 Å². The van der Waals surface area contributed by atoms with Gasteiger partial charge in [-0.2, -0.15) is 0 Å². The Morgan fingerprint density at radius 1 is 0.935 bits per heavy atom. The topological polar surface area (TPSA) is 111 Å². The maximum atomic E-state index is 12.9. The number of hydrogen-bond donors (Lipinski definition) is 3. The normalized spacial score (nSPS) is 12.7. The van der Waals surface area contributed by atoms with Gasteiger partial charge in [-0.1, -0.05) is 62.4 Å². The number of aryl methyl sites for hydroxylation is 2. The highest BCUT2D eigenvalue weighted by atomic mass is 16.5. The van der Waals surface area contributed by atoms with E-state index in [4.69, 9.17) is 10.5 Å². The second-order valence-corrected chi connectivity index (χ2v) is 7.97. The number of primary amides is 1. The second kappa shape index (κ2) is 11.2. The number of nitrogens with one attached hydrogen (secondary N) is 2. The van der Waals surface area contributed by atoms with Gasteiger partial charge in [0.2, 0.25) is 11.8 Å². The Kier molecular flexibility index (Phi) is 8.61. The van der Waals surface area contributed by atoms with Gasteiger partial charge in [-0.3, -0.25) is 9.59 Å². The van der Waals surface area contributed by atoms with Crippen molar-refractivity contribution in [2.75, 3.05) is 0 Å². The number of carbonyl (C=O) groups is 3. The summed E-state index contributed by atoms with van der Waals surface area (Å²) in [5.74, 6) is -1.34. The maximum absolute atomic E-state index is 12.9. The van der Waals surface area contributed by atoms with Gasteiger partial charge in [0, 0.05) is 6.42 Å². The molecule has 0 spiro atoms. The van der Waals surface area contributed by atoms with Crippen molar-refractivity contribution in [3.05, 3.63) is 70.8 Å². The first-order valence-corrected chi connectivity index (χ1v) is 10.3. The first kappa shape index (κ1) is 23.9. The van der Waals surface area contributed by atoms with E-state index >= 15 is 0 Å². The predicted octanol–water partition coefficient (Wildman–Crippen LogP) is 2.77. The molecule has 3 amide bonds. The molecule has 2 aromatic rings. The molecule has 0 radical (unpaired) electrons. The van der Waals surface area contributed by atoms with Crippen LogP contribution in [0.3, 0.4) is 0 Å². The first-order valence-electron chi connectivity index (χ1n) is 10.3. The summed E-state index contributed by atoms with van der Waals surface area (Å²) in [7, 11) is 0. The molecule has 4 N–H and O–H groups in total. The third kappa shape index (κ3) is 7.13. The van der Waals surface area contributed by atoms with Gasteiger partial charge in [-0.05, 0) is 42.0 Å². The molecule has 0 fully saturated rings. The average molecular weight is 426 g/mol. The molecular weight excluding hydrogens is 394 g/mol. The molecule has 166 valence electrons. The summed E-state index contributed by atoms with van der Waals surface area (Å²) in [5, 5.41) is 5.29. The molecule has 7 nitrogen and oxygen atoms in total. The Balaban J connectivity index is 2.03. The van der Waals surface area contributed by atoms with E-state index in [2.05, 4.69) is 10.6 Å². The van der Waals surface area contributed by atoms with Crippen molar-refractivity contribution in [2.24, 2.45) is 11.7 Å². The van der Waals surface area contributed by atoms with E-state index < -0.39 is 30.0 Å². The SMILES string of the molecule is Cc1cccc(C)c1C[C@H](NC(=O)[C@H](NC(=O)OCc1ccccc1)C(C)C)C(N)=O. The number of rotatable bonds is 9. The molecular formula is C24H31N3O4. The zero-order valence-electron chi connectivity index (χ0n) is 18.5. The summed E-state index contributed by atoms with van der Waals surface area (Å²) < 4.78 is 5.22. The van der Waals surface area contributed by atoms with Crippen LogP contribution in [0.4, 0.5) is 4.79 Å². The molecule has 2 aromatic carbocycles. The Bertz CT molecular complexity index is 892. The van der Waals surface area contributed by atoms with Crippen LogP contribution in [-0.4, -0.2) is 30.0 Å². The lowest BCUT2D eigenvalue weighted by atomic mass is 9.95. The van der Waals surface area contributed by atoms with E-state index in [0.717, 1.165) is 22.3 Å². The minimum Gasteiger partial charge on any atom is -0.445 e. The molecule has 2 rings (SSSR count). The van der Waals surface area contributed by atoms with Crippen LogP contribution in [0, 0.1) is 19.8 Å². The van der Waals surface area contributed by atoms with Crippen LogP contribution in [0.15, 0.2) is 48.5 Å². The van der Waals surface area contributed by atoms with Gasteiger partial charge in [-0.15, -0.1) is 0 Å². The van der Waals surface area contributed by atoms with Crippen LogP contribution >= 0.6 is 0 Å². The van der Waals surface area contributed by atoms with E-state index in [-0.39, 0.29) is 18.9 Å². The molecule has 0 aliphatic rings. The molecule has 0 aliphatic carbocycles. The van der Waals surface area contributed by atoms with Gasteiger partial charge in [-0.25, -0.2) is 4.79 Å². The fraction of sp³-hybridized carbons (Fsp3) is 0.375. The second-order valence-electron chi connectivity index (χ2n) is 7.97. The van der Waals surface area contributed by atoms with Crippen LogP contribution in [0.1, 0.15) is 36.1 Å². The number of benzene rings is 2. The average Bonchev–Trinajstić information content (AvgIpc) is 2.72. The van der Waals surface area contributed by atoms with Gasteiger partial charge in [0.15, 0.2) is 0 Å². The Morgan fingerprint density at radius 2 is 1.55 bits per heavy atom. The van der Waals surface area contributed by atoms with Crippen molar-refractivity contribution in [2.45, 2.75) is 52.8 Å². The molecule has 31 heavy (non-hydrogen) atoms. The van der Waals surface area contributed by atoms with Crippen LogP contribution in [0.5, 0.6) is 0 Å². The van der Waals surface area contributed by atoms with Crippen molar-refractivity contribution in [1.29, 1.82) is 0 Å². The van der Waals surface area contributed by atoms with Gasteiger partial charge in [0.25, 0.3) is 0 Å². The molecule has 0 saturated heterocycles. The van der Waals surface area contributed by atoms with E-state index in [1.54, 1.807) is 13.8 Å². The lowest BCUT2D eigenvalue weighted by molar-refractivity contribution is -0.129. The summed E-state index contributed by atoms with van der Waals surface area (Å²) in [6.07, 6.45) is -0.425. The van der Waals surface area contributed by atoms with Crippen LogP contribution in [-0.2, 0) is 27.4 Å². The van der Waals surface area contributed by atoms with Gasteiger partial charge in [0.05, 0.1) is 0 Å². The summed E-state index contributed by atoms with van der Waals surface area (Å²) in [6.45, 7) is 7.58. The standard InChI is InChI=1S/C24H31N3O4/c1-15(2)21(27-24(30)31-14-18-11-6-5-7-12-18)23(29)26-20(22(25)28)13-19-16(3)9-8-10-17(19)4/h5-12,15,20-21H,13-14H2,1-4H3,(H2,25,28)(H,26,29)(H,27,30)/t20-,21+/m0/s1. The molecule has 0 bridgehead atoms. The predicted molar refractivity (Wildman–Crippen MR) is 119 cm³/mol. The third-order valence-electron chi connectivity index (χ3n) is 5.15. The van der Waals surface area contributed by atoms with E-state index in [0.29, 0.717) is 0 Å². The zero-order chi connectivity index (χ0) is 23.0. The minimum absolute atomic E-state index is 0.0928. The van der Waals surface area contributed by atoms with Gasteiger partial charge in [0.1, 0.15) is 18.7 Å². The van der Waals surface area contributed by atoms with E-state index in [1.165, 1.54) is 0 Å². The highest BCUT2D eigenvalue weighted by Gasteiger charge is 2.29. The minimum atomic E-state index is -0.893. The Labute approximate surface area is 183 Å². The van der Waals surface area contributed by atoms with Crippen molar-refractivity contribution >= 4 is 17.9 Å². The number of carbonyl (C=O) groups excluding carboxylic acids is 3. The molecule has 0 heterocycles. The highest BCUT2D eigenvalue weighted by molar-refractivity contribution is 5.91. The fourth-order valence-corrected chi connectivity index (χ4v) is 3.29. The molecule has 0 unspecified atom stereocenters. The smallest absolute Gasteiger partial charge is 0.408 e. The lowest BCUT2D eigenvalue weighted by Gasteiger charge is -2.25.